The van der Waals surface area contributed by atoms with E-state index in [1.54, 1.807) is 0 Å². The molecule has 2 heterocycles. The van der Waals surface area contributed by atoms with Gasteiger partial charge in [-0.2, -0.15) is 5.10 Å². The van der Waals surface area contributed by atoms with Gasteiger partial charge < -0.3 is 4.74 Å². The Kier molecular flexibility index (Phi) is 4.16. The molecule has 0 fully saturated rings. The van der Waals surface area contributed by atoms with Gasteiger partial charge in [0.1, 0.15) is 5.75 Å². The maximum absolute atomic E-state index is 6.45. The van der Waals surface area contributed by atoms with E-state index in [-0.39, 0.29) is 12.3 Å². The van der Waals surface area contributed by atoms with Crippen LogP contribution in [0.3, 0.4) is 0 Å². The average molecular weight is 368 g/mol. The van der Waals surface area contributed by atoms with Crippen LogP contribution in [0.1, 0.15) is 53.4 Å². The lowest BCUT2D eigenvalue weighted by atomic mass is 9.95. The second-order valence-electron chi connectivity index (χ2n) is 7.56. The summed E-state index contributed by atoms with van der Waals surface area (Å²) in [5.41, 5.74) is 7.30. The first-order valence-electron chi connectivity index (χ1n) is 10.0. The fraction of sp³-hybridized carbons (Fsp3) is 0.240. The van der Waals surface area contributed by atoms with E-state index in [9.17, 15) is 0 Å². The van der Waals surface area contributed by atoms with Gasteiger partial charge in [0.15, 0.2) is 0 Å². The molecule has 0 amide bonds. The van der Waals surface area contributed by atoms with E-state index in [0.29, 0.717) is 0 Å². The summed E-state index contributed by atoms with van der Waals surface area (Å²) in [6.45, 7) is 4.32. The lowest BCUT2D eigenvalue weighted by molar-refractivity contribution is -0.0194. The Bertz CT molecular complexity index is 1040. The zero-order valence-corrected chi connectivity index (χ0v) is 16.3. The van der Waals surface area contributed by atoms with E-state index in [1.165, 1.54) is 27.8 Å². The lowest BCUT2D eigenvalue weighted by Gasteiger charge is -2.38. The van der Waals surface area contributed by atoms with Gasteiger partial charge >= 0.3 is 0 Å². The monoisotopic (exact) mass is 368 g/mol. The van der Waals surface area contributed by atoms with Crippen molar-refractivity contribution in [2.45, 2.75) is 39.0 Å². The first-order valence-corrected chi connectivity index (χ1v) is 10.0. The van der Waals surface area contributed by atoms with Gasteiger partial charge in [0.25, 0.3) is 0 Å². The van der Waals surface area contributed by atoms with Gasteiger partial charge in [-0.05, 0) is 36.1 Å². The molecule has 0 N–H and O–H groups in total. The Morgan fingerprint density at radius 3 is 2.39 bits per heavy atom. The molecule has 2 aliphatic heterocycles. The highest BCUT2D eigenvalue weighted by molar-refractivity contribution is 6.02. The van der Waals surface area contributed by atoms with Crippen LogP contribution in [0.2, 0.25) is 0 Å². The molecule has 28 heavy (non-hydrogen) atoms. The summed E-state index contributed by atoms with van der Waals surface area (Å²) in [4.78, 5) is 0. The number of benzene rings is 3. The molecule has 0 unspecified atom stereocenters. The molecule has 5 rings (SSSR count). The molecule has 0 saturated carbocycles. The Labute approximate surface area is 166 Å². The minimum Gasteiger partial charge on any atom is -0.464 e. The van der Waals surface area contributed by atoms with E-state index >= 15 is 0 Å². The average Bonchev–Trinajstić information content (AvgIpc) is 3.19. The third-order valence-corrected chi connectivity index (χ3v) is 5.85. The smallest absolute Gasteiger partial charge is 0.214 e. The van der Waals surface area contributed by atoms with Crippen LogP contribution in [0.15, 0.2) is 77.9 Å². The Morgan fingerprint density at radius 1 is 0.929 bits per heavy atom. The number of hydrazone groups is 1. The minimum absolute atomic E-state index is 0.200. The molecule has 2 atom stereocenters. The number of ether oxygens (including phenoxy) is 1. The third kappa shape index (κ3) is 2.78. The van der Waals surface area contributed by atoms with E-state index < -0.39 is 0 Å². The van der Waals surface area contributed by atoms with E-state index in [4.69, 9.17) is 9.84 Å². The zero-order chi connectivity index (χ0) is 19.1. The Morgan fingerprint density at radius 2 is 1.64 bits per heavy atom. The number of para-hydroxylation sites is 1. The molecule has 3 aromatic carbocycles. The van der Waals surface area contributed by atoms with Crippen LogP contribution in [-0.2, 0) is 6.42 Å². The van der Waals surface area contributed by atoms with Crippen molar-refractivity contribution in [3.63, 3.8) is 0 Å². The summed E-state index contributed by atoms with van der Waals surface area (Å²) in [5.74, 6) is 0.967. The summed E-state index contributed by atoms with van der Waals surface area (Å²) in [6.07, 6.45) is 1.75. The van der Waals surface area contributed by atoms with Crippen molar-refractivity contribution < 1.29 is 4.74 Å². The SMILES string of the molecule is CCc1ccc(C2=NN3[C@@H](C2)c2ccccc2O[C@H]3c2ccccc2C)cc1. The molecule has 3 aromatic rings. The van der Waals surface area contributed by atoms with Crippen molar-refractivity contribution in [1.82, 2.24) is 5.01 Å². The highest BCUT2D eigenvalue weighted by Gasteiger charge is 2.41. The first kappa shape index (κ1) is 17.1. The van der Waals surface area contributed by atoms with Crippen molar-refractivity contribution in [1.29, 1.82) is 0 Å². The van der Waals surface area contributed by atoms with Crippen LogP contribution in [0.4, 0.5) is 0 Å². The summed E-state index contributed by atoms with van der Waals surface area (Å²) in [5, 5.41) is 7.22. The molecule has 2 aliphatic rings. The first-order chi connectivity index (χ1) is 13.7. The largest absolute Gasteiger partial charge is 0.464 e. The second-order valence-corrected chi connectivity index (χ2v) is 7.56. The summed E-state index contributed by atoms with van der Waals surface area (Å²) < 4.78 is 6.45. The second kappa shape index (κ2) is 6.83. The van der Waals surface area contributed by atoms with Gasteiger partial charge in [-0.3, -0.25) is 0 Å². The number of hydrogen-bond acceptors (Lipinski definition) is 3. The van der Waals surface area contributed by atoms with Gasteiger partial charge in [-0.25, -0.2) is 5.01 Å². The van der Waals surface area contributed by atoms with Crippen LogP contribution < -0.4 is 4.74 Å². The summed E-state index contributed by atoms with van der Waals surface area (Å²) in [7, 11) is 0. The van der Waals surface area contributed by atoms with Gasteiger partial charge in [-0.15, -0.1) is 0 Å². The van der Waals surface area contributed by atoms with E-state index in [2.05, 4.69) is 85.6 Å². The van der Waals surface area contributed by atoms with Crippen LogP contribution >= 0.6 is 0 Å². The number of fused-ring (bicyclic) bond motifs is 3. The molecular formula is C25H24N2O. The van der Waals surface area contributed by atoms with Crippen molar-refractivity contribution in [3.8, 4) is 5.75 Å². The molecule has 0 spiro atoms. The predicted molar refractivity (Wildman–Crippen MR) is 113 cm³/mol. The number of nitrogens with zero attached hydrogens (tertiary/aromatic N) is 2. The van der Waals surface area contributed by atoms with E-state index in [0.717, 1.165) is 24.3 Å². The van der Waals surface area contributed by atoms with Gasteiger partial charge in [0, 0.05) is 17.5 Å². The van der Waals surface area contributed by atoms with Crippen LogP contribution in [0.5, 0.6) is 5.75 Å². The summed E-state index contributed by atoms with van der Waals surface area (Å²) >= 11 is 0. The van der Waals surface area contributed by atoms with Crippen molar-refractivity contribution in [2.24, 2.45) is 5.10 Å². The molecule has 140 valence electrons. The highest BCUT2D eigenvalue weighted by atomic mass is 16.5. The van der Waals surface area contributed by atoms with Crippen LogP contribution in [-0.4, -0.2) is 10.7 Å². The minimum atomic E-state index is -0.200. The van der Waals surface area contributed by atoms with Crippen molar-refractivity contribution in [2.75, 3.05) is 0 Å². The lowest BCUT2D eigenvalue weighted by Crippen LogP contribution is -2.34. The van der Waals surface area contributed by atoms with Gasteiger partial charge in [0.2, 0.25) is 6.23 Å². The molecule has 3 nitrogen and oxygen atoms in total. The predicted octanol–water partition coefficient (Wildman–Crippen LogP) is 5.80. The molecule has 0 saturated heterocycles. The summed E-state index contributed by atoms with van der Waals surface area (Å²) in [6, 6.07) is 25.8. The fourth-order valence-corrected chi connectivity index (χ4v) is 4.21. The molecule has 3 heteroatoms. The fourth-order valence-electron chi connectivity index (χ4n) is 4.21. The van der Waals surface area contributed by atoms with Crippen LogP contribution in [0, 0.1) is 6.92 Å². The number of hydrogen-bond donors (Lipinski definition) is 0. The standard InChI is InChI=1S/C25H24N2O/c1-3-18-12-14-19(15-13-18)22-16-23-21-10-6-7-11-24(21)28-25(27(23)26-22)20-9-5-4-8-17(20)2/h4-15,23,25H,3,16H2,1-2H3/t23-,25-/m0/s1. The Hall–Kier alpha value is -3.07. The zero-order valence-electron chi connectivity index (χ0n) is 16.3. The molecule has 0 aliphatic carbocycles. The van der Waals surface area contributed by atoms with Gasteiger partial charge in [-0.1, -0.05) is 73.7 Å². The number of aryl methyl sites for hydroxylation is 2. The number of rotatable bonds is 3. The molecular weight excluding hydrogens is 344 g/mol. The van der Waals surface area contributed by atoms with Crippen molar-refractivity contribution in [3.05, 3.63) is 101 Å². The third-order valence-electron chi connectivity index (χ3n) is 5.85. The van der Waals surface area contributed by atoms with E-state index in [1.807, 2.05) is 6.07 Å². The topological polar surface area (TPSA) is 24.8 Å². The molecule has 0 aromatic heterocycles. The van der Waals surface area contributed by atoms with Crippen LogP contribution in [0.25, 0.3) is 0 Å². The quantitative estimate of drug-likeness (QED) is 0.584. The maximum Gasteiger partial charge on any atom is 0.214 e. The molecule has 0 radical (unpaired) electrons. The molecule has 0 bridgehead atoms. The normalized spacial score (nSPS) is 20.2. The van der Waals surface area contributed by atoms with Gasteiger partial charge in [0.05, 0.1) is 11.8 Å². The maximum atomic E-state index is 6.45. The Balaban J connectivity index is 1.58. The van der Waals surface area contributed by atoms with Crippen molar-refractivity contribution >= 4 is 5.71 Å². The highest BCUT2D eigenvalue weighted by Crippen LogP contribution is 2.47.